The summed E-state index contributed by atoms with van der Waals surface area (Å²) in [5, 5.41) is 16.6. The molecule has 2 heterocycles. The first kappa shape index (κ1) is 24.3. The molecular weight excluding hydrogens is 453 g/mol. The van der Waals surface area contributed by atoms with Gasteiger partial charge in [-0.3, -0.25) is 19.4 Å². The van der Waals surface area contributed by atoms with Crippen LogP contribution in [0.25, 0.3) is 0 Å². The highest BCUT2D eigenvalue weighted by atomic mass is 19.1. The van der Waals surface area contributed by atoms with Gasteiger partial charge in [-0.25, -0.2) is 9.37 Å². The van der Waals surface area contributed by atoms with Crippen molar-refractivity contribution in [3.8, 4) is 5.75 Å². The molecule has 1 amide bonds. The average Bonchev–Trinajstić information content (AvgIpc) is 3.26. The number of aromatic nitrogens is 2. The van der Waals surface area contributed by atoms with E-state index < -0.39 is 34.4 Å². The van der Waals surface area contributed by atoms with E-state index in [0.29, 0.717) is 11.3 Å². The third-order valence-electron chi connectivity index (χ3n) is 6.79. The predicted octanol–water partition coefficient (Wildman–Crippen LogP) is 3.40. The van der Waals surface area contributed by atoms with Crippen molar-refractivity contribution in [3.63, 3.8) is 0 Å². The first-order valence-corrected chi connectivity index (χ1v) is 11.4. The highest BCUT2D eigenvalue weighted by Crippen LogP contribution is 2.49. The fraction of sp³-hybridized carbons (Fsp3) is 0.400. The van der Waals surface area contributed by atoms with Crippen molar-refractivity contribution < 1.29 is 14.3 Å². The van der Waals surface area contributed by atoms with Gasteiger partial charge in [0.1, 0.15) is 17.2 Å². The molecule has 3 N–H and O–H groups in total. The Hall–Kier alpha value is -3.82. The van der Waals surface area contributed by atoms with Crippen LogP contribution in [0.3, 0.4) is 0 Å². The Kier molecular flexibility index (Phi) is 6.31. The number of rotatable bonds is 7. The molecular formula is C25H28FN5O4. The molecule has 2 aromatic heterocycles. The van der Waals surface area contributed by atoms with E-state index in [4.69, 9.17) is 0 Å². The summed E-state index contributed by atoms with van der Waals surface area (Å²) < 4.78 is 13.8. The van der Waals surface area contributed by atoms with Crippen LogP contribution in [0.15, 0.2) is 34.1 Å². The van der Waals surface area contributed by atoms with E-state index in [-0.39, 0.29) is 28.2 Å². The van der Waals surface area contributed by atoms with Crippen LogP contribution in [0.4, 0.5) is 21.5 Å². The van der Waals surface area contributed by atoms with Gasteiger partial charge in [0.15, 0.2) is 11.4 Å². The fourth-order valence-electron chi connectivity index (χ4n) is 4.75. The van der Waals surface area contributed by atoms with Crippen LogP contribution in [0.1, 0.15) is 60.4 Å². The second-order valence-corrected chi connectivity index (χ2v) is 9.58. The lowest BCUT2D eigenvalue weighted by atomic mass is 9.77. The van der Waals surface area contributed by atoms with Crippen LogP contribution in [0, 0.1) is 18.2 Å². The van der Waals surface area contributed by atoms with Crippen molar-refractivity contribution >= 4 is 23.0 Å². The predicted molar refractivity (Wildman–Crippen MR) is 130 cm³/mol. The Bertz CT molecular complexity index is 1360. The molecule has 1 atom stereocenters. The summed E-state index contributed by atoms with van der Waals surface area (Å²) in [6.45, 7) is 3.85. The van der Waals surface area contributed by atoms with E-state index in [1.165, 1.54) is 37.3 Å². The second-order valence-electron chi connectivity index (χ2n) is 9.58. The maximum absolute atomic E-state index is 13.8. The number of pyridine rings is 2. The third-order valence-corrected chi connectivity index (χ3v) is 6.79. The molecule has 1 aliphatic carbocycles. The zero-order valence-corrected chi connectivity index (χ0v) is 20.1. The molecule has 0 aliphatic heterocycles. The summed E-state index contributed by atoms with van der Waals surface area (Å²) in [6, 6.07) is 2.37. The summed E-state index contributed by atoms with van der Waals surface area (Å²) in [5.41, 5.74) is -0.531. The Morgan fingerprint density at radius 3 is 2.46 bits per heavy atom. The highest BCUT2D eigenvalue weighted by molar-refractivity contribution is 5.97. The normalized spacial score (nSPS) is 15.7. The molecule has 1 aromatic carbocycles. The molecule has 4 rings (SSSR count). The van der Waals surface area contributed by atoms with Gasteiger partial charge >= 0.3 is 0 Å². The summed E-state index contributed by atoms with van der Waals surface area (Å²) in [7, 11) is 3.05. The second kappa shape index (κ2) is 9.09. The van der Waals surface area contributed by atoms with Gasteiger partial charge < -0.3 is 20.6 Å². The van der Waals surface area contributed by atoms with Crippen LogP contribution >= 0.6 is 0 Å². The molecule has 0 radical (unpaired) electrons. The number of halogens is 1. The quantitative estimate of drug-likeness (QED) is 0.439. The van der Waals surface area contributed by atoms with Gasteiger partial charge in [0, 0.05) is 20.3 Å². The van der Waals surface area contributed by atoms with E-state index in [2.05, 4.69) is 27.5 Å². The van der Waals surface area contributed by atoms with E-state index >= 15 is 0 Å². The number of carbonyl (C=O) groups excluding carboxylic acids is 1. The van der Waals surface area contributed by atoms with E-state index in [9.17, 15) is 23.9 Å². The van der Waals surface area contributed by atoms with Crippen molar-refractivity contribution in [1.82, 2.24) is 14.9 Å². The Morgan fingerprint density at radius 1 is 1.17 bits per heavy atom. The first-order valence-electron chi connectivity index (χ1n) is 11.4. The summed E-state index contributed by atoms with van der Waals surface area (Å²) >= 11 is 0. The molecule has 9 nitrogen and oxygen atoms in total. The van der Waals surface area contributed by atoms with E-state index in [0.717, 1.165) is 31.9 Å². The largest absolute Gasteiger partial charge is 0.504 e. The number of hydrogen-bond donors (Lipinski definition) is 3. The van der Waals surface area contributed by atoms with Gasteiger partial charge in [0.25, 0.3) is 16.8 Å². The lowest BCUT2D eigenvalue weighted by Crippen LogP contribution is -2.40. The number of amides is 1. The Morgan fingerprint density at radius 2 is 1.83 bits per heavy atom. The Balaban J connectivity index is 1.71. The summed E-state index contributed by atoms with van der Waals surface area (Å²) in [4.78, 5) is 46.9. The molecule has 1 fully saturated rings. The van der Waals surface area contributed by atoms with Crippen LogP contribution in [-0.4, -0.2) is 40.0 Å². The van der Waals surface area contributed by atoms with Gasteiger partial charge in [-0.15, -0.1) is 0 Å². The summed E-state index contributed by atoms with van der Waals surface area (Å²) in [5.74, 6) is -1.39. The molecule has 0 bridgehead atoms. The van der Waals surface area contributed by atoms with Gasteiger partial charge in [0.2, 0.25) is 0 Å². The number of anilines is 3. The number of nitrogens with zero attached hydrogens (tertiary/aromatic N) is 3. The highest BCUT2D eigenvalue weighted by Gasteiger charge is 2.41. The van der Waals surface area contributed by atoms with Gasteiger partial charge in [-0.05, 0) is 42.9 Å². The number of nitrogens with one attached hydrogen (secondary N) is 2. The molecule has 0 spiro atoms. The van der Waals surface area contributed by atoms with E-state index in [1.807, 2.05) is 0 Å². The maximum Gasteiger partial charge on any atom is 0.275 e. The summed E-state index contributed by atoms with van der Waals surface area (Å²) in [6.07, 6.45) is 6.25. The molecule has 1 aliphatic rings. The van der Waals surface area contributed by atoms with Crippen molar-refractivity contribution in [2.24, 2.45) is 5.41 Å². The molecule has 0 unspecified atom stereocenters. The van der Waals surface area contributed by atoms with Crippen LogP contribution in [-0.2, 0) is 0 Å². The van der Waals surface area contributed by atoms with Gasteiger partial charge in [0.05, 0.1) is 23.6 Å². The maximum atomic E-state index is 13.8. The number of carbonyl (C=O) groups is 1. The topological polar surface area (TPSA) is 125 Å². The molecule has 3 aromatic rings. The number of aryl methyl sites for hydroxylation is 1. The van der Waals surface area contributed by atoms with Crippen LogP contribution < -0.4 is 21.5 Å². The van der Waals surface area contributed by atoms with Crippen molar-refractivity contribution in [2.45, 2.75) is 45.6 Å². The SMILES string of the molecule is Cc1cc(F)cnc1[C@H](Nc1c(Nc2ccnc(C(=O)N(C)C)c2O)c(=O)c1=O)C1(C)CCCC1. The minimum absolute atomic E-state index is 0.0221. The lowest BCUT2D eigenvalue weighted by Gasteiger charge is -2.36. The van der Waals surface area contributed by atoms with Crippen LogP contribution in [0.5, 0.6) is 5.75 Å². The standard InChI is InChI=1S/C25H28FN5O4/c1-13-11-14(26)12-28-16(13)23(25(2)8-5-6-9-25)30-18-17(21(33)22(18)34)29-15-7-10-27-19(20(15)32)24(35)31(3)4/h7,10-12,23,30,32H,5-6,8-9H2,1-4H3,(H,27,29)/t23-/m0/s1. The van der Waals surface area contributed by atoms with Crippen molar-refractivity contribution in [1.29, 1.82) is 0 Å². The monoisotopic (exact) mass is 481 g/mol. The van der Waals surface area contributed by atoms with E-state index in [1.54, 1.807) is 6.92 Å². The van der Waals surface area contributed by atoms with Gasteiger partial charge in [-0.2, -0.15) is 0 Å². The zero-order chi connectivity index (χ0) is 25.5. The molecule has 0 saturated heterocycles. The Labute approximate surface area is 201 Å². The fourth-order valence-corrected chi connectivity index (χ4v) is 4.75. The van der Waals surface area contributed by atoms with Crippen molar-refractivity contribution in [2.75, 3.05) is 24.7 Å². The first-order chi connectivity index (χ1) is 16.5. The zero-order valence-electron chi connectivity index (χ0n) is 20.1. The molecule has 35 heavy (non-hydrogen) atoms. The third kappa shape index (κ3) is 4.36. The molecule has 1 saturated carbocycles. The van der Waals surface area contributed by atoms with Crippen LogP contribution in [0.2, 0.25) is 0 Å². The molecule has 10 heteroatoms. The number of hydrogen-bond acceptors (Lipinski definition) is 8. The minimum Gasteiger partial charge on any atom is -0.504 e. The van der Waals surface area contributed by atoms with Gasteiger partial charge in [-0.1, -0.05) is 19.8 Å². The molecule has 184 valence electrons. The minimum atomic E-state index is -0.747. The lowest BCUT2D eigenvalue weighted by molar-refractivity contribution is 0.0819. The smallest absolute Gasteiger partial charge is 0.275 e. The average molecular weight is 482 g/mol. The number of aromatic hydroxyl groups is 1. The van der Waals surface area contributed by atoms with Crippen molar-refractivity contribution in [3.05, 3.63) is 67.7 Å².